The van der Waals surface area contributed by atoms with Gasteiger partial charge in [0.25, 0.3) is 0 Å². The SMILES string of the molecule is CCOC(CC)(CCC(C(=O)O)C(C)(C)C)C(=O)O. The van der Waals surface area contributed by atoms with Crippen LogP contribution in [0.5, 0.6) is 0 Å². The lowest BCUT2D eigenvalue weighted by molar-refractivity contribution is -0.169. The van der Waals surface area contributed by atoms with Crippen molar-refractivity contribution in [3.63, 3.8) is 0 Å². The quantitative estimate of drug-likeness (QED) is 0.711. The van der Waals surface area contributed by atoms with Crippen molar-refractivity contribution in [2.75, 3.05) is 6.61 Å². The van der Waals surface area contributed by atoms with Gasteiger partial charge in [0.15, 0.2) is 5.60 Å². The Morgan fingerprint density at radius 2 is 1.68 bits per heavy atom. The molecule has 0 aromatic rings. The molecule has 2 unspecified atom stereocenters. The molecule has 0 heterocycles. The largest absolute Gasteiger partial charge is 0.481 e. The minimum atomic E-state index is -1.27. The molecule has 0 saturated heterocycles. The summed E-state index contributed by atoms with van der Waals surface area (Å²) in [6.45, 7) is 9.33. The number of ether oxygens (including phenoxy) is 1. The first kappa shape index (κ1) is 17.9. The van der Waals surface area contributed by atoms with Gasteiger partial charge in [-0.2, -0.15) is 0 Å². The molecule has 5 nitrogen and oxygen atoms in total. The average Bonchev–Trinajstić information content (AvgIpc) is 2.25. The van der Waals surface area contributed by atoms with E-state index in [1.54, 1.807) is 13.8 Å². The highest BCUT2D eigenvalue weighted by Crippen LogP contribution is 2.34. The number of hydrogen-bond donors (Lipinski definition) is 2. The predicted octanol–water partition coefficient (Wildman–Crippen LogP) is 2.78. The molecule has 0 rings (SSSR count). The van der Waals surface area contributed by atoms with E-state index in [-0.39, 0.29) is 6.42 Å². The van der Waals surface area contributed by atoms with E-state index in [0.717, 1.165) is 0 Å². The van der Waals surface area contributed by atoms with E-state index in [0.29, 0.717) is 19.4 Å². The monoisotopic (exact) mass is 274 g/mol. The zero-order valence-corrected chi connectivity index (χ0v) is 12.5. The lowest BCUT2D eigenvalue weighted by atomic mass is 9.76. The Morgan fingerprint density at radius 3 is 1.95 bits per heavy atom. The van der Waals surface area contributed by atoms with Crippen LogP contribution in [0.3, 0.4) is 0 Å². The van der Waals surface area contributed by atoms with Crippen LogP contribution in [-0.4, -0.2) is 34.4 Å². The van der Waals surface area contributed by atoms with E-state index in [1.807, 2.05) is 20.8 Å². The van der Waals surface area contributed by atoms with Gasteiger partial charge in [-0.25, -0.2) is 4.79 Å². The third-order valence-corrected chi connectivity index (χ3v) is 3.56. The average molecular weight is 274 g/mol. The van der Waals surface area contributed by atoms with Crippen molar-refractivity contribution < 1.29 is 24.5 Å². The van der Waals surface area contributed by atoms with E-state index in [4.69, 9.17) is 4.74 Å². The molecule has 0 aliphatic heterocycles. The highest BCUT2D eigenvalue weighted by atomic mass is 16.5. The normalized spacial score (nSPS) is 16.7. The summed E-state index contributed by atoms with van der Waals surface area (Å²) in [5, 5.41) is 18.6. The van der Waals surface area contributed by atoms with Gasteiger partial charge in [-0.1, -0.05) is 27.7 Å². The Bertz CT molecular complexity index is 318. The first-order valence-electron chi connectivity index (χ1n) is 6.71. The van der Waals surface area contributed by atoms with Crippen LogP contribution in [0.4, 0.5) is 0 Å². The zero-order valence-electron chi connectivity index (χ0n) is 12.5. The molecule has 0 aliphatic carbocycles. The number of carboxylic acids is 2. The van der Waals surface area contributed by atoms with Crippen LogP contribution in [0.1, 0.15) is 53.9 Å². The molecule has 5 heteroatoms. The van der Waals surface area contributed by atoms with Crippen LogP contribution in [0.15, 0.2) is 0 Å². The second-order valence-electron chi connectivity index (χ2n) is 5.88. The van der Waals surface area contributed by atoms with Gasteiger partial charge in [0.1, 0.15) is 0 Å². The molecule has 0 radical (unpaired) electrons. The summed E-state index contributed by atoms with van der Waals surface area (Å²) < 4.78 is 5.39. The smallest absolute Gasteiger partial charge is 0.335 e. The number of carbonyl (C=O) groups is 2. The van der Waals surface area contributed by atoms with E-state index in [2.05, 4.69) is 0 Å². The van der Waals surface area contributed by atoms with Crippen molar-refractivity contribution >= 4 is 11.9 Å². The fourth-order valence-corrected chi connectivity index (χ4v) is 2.25. The maximum atomic E-state index is 11.4. The van der Waals surface area contributed by atoms with Gasteiger partial charge in [-0.15, -0.1) is 0 Å². The van der Waals surface area contributed by atoms with Gasteiger partial charge in [0.05, 0.1) is 5.92 Å². The van der Waals surface area contributed by atoms with Crippen LogP contribution < -0.4 is 0 Å². The highest BCUT2D eigenvalue weighted by molar-refractivity contribution is 5.77. The fraction of sp³-hybridized carbons (Fsp3) is 0.857. The molecule has 0 spiro atoms. The van der Waals surface area contributed by atoms with Crippen molar-refractivity contribution in [3.8, 4) is 0 Å². The van der Waals surface area contributed by atoms with Crippen LogP contribution in [0.25, 0.3) is 0 Å². The summed E-state index contributed by atoms with van der Waals surface area (Å²) in [4.78, 5) is 22.7. The molecule has 0 bridgehead atoms. The van der Waals surface area contributed by atoms with Gasteiger partial charge in [0, 0.05) is 6.61 Å². The van der Waals surface area contributed by atoms with Crippen LogP contribution in [0.2, 0.25) is 0 Å². The number of aliphatic carboxylic acids is 2. The van der Waals surface area contributed by atoms with Crippen molar-refractivity contribution in [2.45, 2.75) is 59.5 Å². The van der Waals surface area contributed by atoms with Gasteiger partial charge >= 0.3 is 11.9 Å². The minimum Gasteiger partial charge on any atom is -0.481 e. The minimum absolute atomic E-state index is 0.209. The first-order valence-corrected chi connectivity index (χ1v) is 6.71. The predicted molar refractivity (Wildman–Crippen MR) is 72.1 cm³/mol. The molecule has 0 aromatic heterocycles. The Morgan fingerprint density at radius 1 is 1.16 bits per heavy atom. The molecule has 112 valence electrons. The molecule has 0 aromatic carbocycles. The third kappa shape index (κ3) is 4.82. The topological polar surface area (TPSA) is 83.8 Å². The Kier molecular flexibility index (Phi) is 6.49. The van der Waals surface area contributed by atoms with Crippen molar-refractivity contribution in [1.82, 2.24) is 0 Å². The second kappa shape index (κ2) is 6.89. The van der Waals surface area contributed by atoms with E-state index >= 15 is 0 Å². The van der Waals surface area contributed by atoms with Gasteiger partial charge < -0.3 is 14.9 Å². The molecular weight excluding hydrogens is 248 g/mol. The van der Waals surface area contributed by atoms with Crippen molar-refractivity contribution in [3.05, 3.63) is 0 Å². The number of carboxylic acid groups (broad SMARTS) is 2. The summed E-state index contributed by atoms with van der Waals surface area (Å²) >= 11 is 0. The maximum absolute atomic E-state index is 11.4. The Hall–Kier alpha value is -1.10. The zero-order chi connectivity index (χ0) is 15.3. The van der Waals surface area contributed by atoms with Crippen LogP contribution in [-0.2, 0) is 14.3 Å². The summed E-state index contributed by atoms with van der Waals surface area (Å²) in [7, 11) is 0. The molecule has 0 amide bonds. The van der Waals surface area contributed by atoms with E-state index in [9.17, 15) is 19.8 Å². The third-order valence-electron chi connectivity index (χ3n) is 3.56. The summed E-state index contributed by atoms with van der Waals surface area (Å²) in [5.74, 6) is -2.49. The second-order valence-corrected chi connectivity index (χ2v) is 5.88. The van der Waals surface area contributed by atoms with Crippen LogP contribution >= 0.6 is 0 Å². The molecule has 19 heavy (non-hydrogen) atoms. The van der Waals surface area contributed by atoms with Gasteiger partial charge in [-0.05, 0) is 31.6 Å². The van der Waals surface area contributed by atoms with Crippen LogP contribution in [0, 0.1) is 11.3 Å². The molecular formula is C14H26O5. The number of hydrogen-bond acceptors (Lipinski definition) is 3. The molecule has 0 saturated carbocycles. The Balaban J connectivity index is 4.97. The van der Waals surface area contributed by atoms with Crippen molar-refractivity contribution in [2.24, 2.45) is 11.3 Å². The lowest BCUT2D eigenvalue weighted by Crippen LogP contribution is -2.42. The fourth-order valence-electron chi connectivity index (χ4n) is 2.25. The highest BCUT2D eigenvalue weighted by Gasteiger charge is 2.40. The molecule has 2 N–H and O–H groups in total. The Labute approximate surface area is 115 Å². The lowest BCUT2D eigenvalue weighted by Gasteiger charge is -2.32. The van der Waals surface area contributed by atoms with E-state index < -0.39 is 28.9 Å². The maximum Gasteiger partial charge on any atom is 0.335 e. The molecule has 2 atom stereocenters. The standard InChI is InChI=1S/C14H26O5/c1-6-14(12(17)18,19-7-2)9-8-10(11(15)16)13(3,4)5/h10H,6-9H2,1-5H3,(H,15,16)(H,17,18). The molecule has 0 aliphatic rings. The first-order chi connectivity index (χ1) is 8.60. The summed E-state index contributed by atoms with van der Waals surface area (Å²) in [5.41, 5.74) is -1.68. The summed E-state index contributed by atoms with van der Waals surface area (Å²) in [6, 6.07) is 0. The molecule has 0 fully saturated rings. The van der Waals surface area contributed by atoms with Crippen molar-refractivity contribution in [1.29, 1.82) is 0 Å². The summed E-state index contributed by atoms with van der Waals surface area (Å²) in [6.07, 6.45) is 0.826. The number of rotatable bonds is 8. The van der Waals surface area contributed by atoms with Gasteiger partial charge in [0.2, 0.25) is 0 Å². The van der Waals surface area contributed by atoms with Gasteiger partial charge in [-0.3, -0.25) is 4.79 Å². The van der Waals surface area contributed by atoms with E-state index in [1.165, 1.54) is 0 Å².